The summed E-state index contributed by atoms with van der Waals surface area (Å²) >= 11 is 11.9. The van der Waals surface area contributed by atoms with Crippen LogP contribution in [0, 0.1) is 11.6 Å². The predicted molar refractivity (Wildman–Crippen MR) is 115 cm³/mol. The Labute approximate surface area is 191 Å². The molecule has 2 aromatic carbocycles. The molecule has 0 radical (unpaired) electrons. The third kappa shape index (κ3) is 5.27. The van der Waals surface area contributed by atoms with Crippen molar-refractivity contribution in [2.24, 2.45) is 0 Å². The van der Waals surface area contributed by atoms with Gasteiger partial charge in [0.2, 0.25) is 0 Å². The van der Waals surface area contributed by atoms with E-state index in [1.165, 1.54) is 24.4 Å². The second-order valence-corrected chi connectivity index (χ2v) is 7.57. The van der Waals surface area contributed by atoms with Crippen LogP contribution < -0.4 is 10.1 Å². The molecule has 0 unspecified atom stereocenters. The molecule has 4 rings (SSSR count). The molecule has 1 amide bonds. The molecule has 0 bridgehead atoms. The van der Waals surface area contributed by atoms with Crippen LogP contribution in [0.4, 0.5) is 14.5 Å². The second-order valence-electron chi connectivity index (χ2n) is 6.76. The molecule has 10 heteroatoms. The monoisotopic (exact) mass is 477 g/mol. The molecule has 2 aromatic heterocycles. The molecule has 164 valence electrons. The molecular formula is C22H15Cl2F2N3O3. The van der Waals surface area contributed by atoms with Gasteiger partial charge in [0.1, 0.15) is 18.2 Å². The average molecular weight is 478 g/mol. The molecular weight excluding hydrogens is 463 g/mol. The molecule has 0 saturated heterocycles. The van der Waals surface area contributed by atoms with Crippen LogP contribution in [0.1, 0.15) is 21.9 Å². The number of rotatable bonds is 7. The van der Waals surface area contributed by atoms with Gasteiger partial charge in [-0.1, -0.05) is 29.3 Å². The maximum Gasteiger partial charge on any atom is 0.291 e. The molecule has 32 heavy (non-hydrogen) atoms. The number of anilines is 1. The number of halogens is 4. The number of amides is 1. The van der Waals surface area contributed by atoms with Crippen molar-refractivity contribution in [3.05, 3.63) is 99.7 Å². The highest BCUT2D eigenvalue weighted by atomic mass is 35.5. The number of aromatic nitrogens is 2. The second kappa shape index (κ2) is 9.42. The topological polar surface area (TPSA) is 69.3 Å². The van der Waals surface area contributed by atoms with Gasteiger partial charge in [0.15, 0.2) is 17.3 Å². The number of hydrogen-bond acceptors (Lipinski definition) is 4. The Morgan fingerprint density at radius 1 is 1.09 bits per heavy atom. The van der Waals surface area contributed by atoms with Crippen LogP contribution >= 0.6 is 23.2 Å². The van der Waals surface area contributed by atoms with Gasteiger partial charge in [-0.2, -0.15) is 5.10 Å². The lowest BCUT2D eigenvalue weighted by molar-refractivity contribution is 0.0992. The Balaban J connectivity index is 1.34. The normalized spacial score (nSPS) is 10.9. The lowest BCUT2D eigenvalue weighted by Gasteiger charge is -2.05. The quantitative estimate of drug-likeness (QED) is 0.357. The zero-order chi connectivity index (χ0) is 22.7. The molecule has 2 heterocycles. The van der Waals surface area contributed by atoms with Gasteiger partial charge in [-0.05, 0) is 42.0 Å². The molecule has 0 aliphatic heterocycles. The zero-order valence-electron chi connectivity index (χ0n) is 16.3. The fraction of sp³-hybridized carbons (Fsp3) is 0.0909. The fourth-order valence-electron chi connectivity index (χ4n) is 2.85. The summed E-state index contributed by atoms with van der Waals surface area (Å²) in [7, 11) is 0. The van der Waals surface area contributed by atoms with Crippen molar-refractivity contribution in [3.63, 3.8) is 0 Å². The first-order chi connectivity index (χ1) is 15.4. The van der Waals surface area contributed by atoms with Crippen molar-refractivity contribution in [2.45, 2.75) is 13.2 Å². The van der Waals surface area contributed by atoms with Crippen molar-refractivity contribution < 1.29 is 22.7 Å². The summed E-state index contributed by atoms with van der Waals surface area (Å²) in [5, 5.41) is 7.80. The van der Waals surface area contributed by atoms with Crippen molar-refractivity contribution >= 4 is 34.8 Å². The predicted octanol–water partition coefficient (Wildman–Crippen LogP) is 5.94. The van der Waals surface area contributed by atoms with Crippen LogP contribution in [-0.4, -0.2) is 15.7 Å². The van der Waals surface area contributed by atoms with Crippen molar-refractivity contribution in [1.82, 2.24) is 9.78 Å². The number of carbonyl (C=O) groups is 1. The fourth-order valence-corrected chi connectivity index (χ4v) is 3.17. The Bertz CT molecular complexity index is 1270. The number of nitrogens with zero attached hydrogens (tertiary/aromatic N) is 2. The first-order valence-corrected chi connectivity index (χ1v) is 10.1. The minimum atomic E-state index is -0.826. The van der Waals surface area contributed by atoms with E-state index in [1.807, 2.05) is 6.07 Å². The first-order valence-electron chi connectivity index (χ1n) is 9.31. The van der Waals surface area contributed by atoms with Gasteiger partial charge in [-0.25, -0.2) is 8.78 Å². The Morgan fingerprint density at radius 2 is 1.94 bits per heavy atom. The number of nitrogens with one attached hydrogen (secondary N) is 1. The van der Waals surface area contributed by atoms with E-state index < -0.39 is 17.5 Å². The molecule has 6 nitrogen and oxygen atoms in total. The summed E-state index contributed by atoms with van der Waals surface area (Å²) in [6.45, 7) is 0.312. The molecule has 0 spiro atoms. The summed E-state index contributed by atoms with van der Waals surface area (Å²) in [6, 6.07) is 11.3. The highest BCUT2D eigenvalue weighted by Crippen LogP contribution is 2.23. The Kier molecular flexibility index (Phi) is 6.43. The van der Waals surface area contributed by atoms with Crippen LogP contribution in [0.15, 0.2) is 65.3 Å². The Hall–Kier alpha value is -3.36. The summed E-state index contributed by atoms with van der Waals surface area (Å²) in [5.74, 6) is -1.80. The number of carbonyl (C=O) groups excluding carboxylic acids is 1. The smallest absolute Gasteiger partial charge is 0.291 e. The lowest BCUT2D eigenvalue weighted by Crippen LogP contribution is -2.10. The van der Waals surface area contributed by atoms with Gasteiger partial charge in [-0.15, -0.1) is 0 Å². The van der Waals surface area contributed by atoms with E-state index in [9.17, 15) is 13.6 Å². The molecule has 0 saturated carbocycles. The molecule has 0 atom stereocenters. The highest BCUT2D eigenvalue weighted by molar-refractivity contribution is 6.42. The number of hydrogen-bond donors (Lipinski definition) is 1. The van der Waals surface area contributed by atoms with Crippen molar-refractivity contribution in [2.75, 3.05) is 5.32 Å². The van der Waals surface area contributed by atoms with E-state index in [0.29, 0.717) is 28.0 Å². The van der Waals surface area contributed by atoms with E-state index in [-0.39, 0.29) is 18.1 Å². The lowest BCUT2D eigenvalue weighted by atomic mass is 10.2. The third-order valence-corrected chi connectivity index (χ3v) is 5.11. The number of ether oxygens (including phenoxy) is 1. The van der Waals surface area contributed by atoms with Gasteiger partial charge in [0.05, 0.1) is 28.5 Å². The Morgan fingerprint density at radius 3 is 2.72 bits per heavy atom. The van der Waals surface area contributed by atoms with Crippen LogP contribution in [0.3, 0.4) is 0 Å². The summed E-state index contributed by atoms with van der Waals surface area (Å²) in [6.07, 6.45) is 3.16. The van der Waals surface area contributed by atoms with Crippen LogP contribution in [0.2, 0.25) is 10.0 Å². The summed E-state index contributed by atoms with van der Waals surface area (Å²) in [5.41, 5.74) is 1.37. The van der Waals surface area contributed by atoms with Gasteiger partial charge in [0.25, 0.3) is 5.91 Å². The maximum atomic E-state index is 13.6. The largest absolute Gasteiger partial charge is 0.483 e. The molecule has 0 fully saturated rings. The molecule has 1 N–H and O–H groups in total. The summed E-state index contributed by atoms with van der Waals surface area (Å²) < 4.78 is 38.9. The van der Waals surface area contributed by atoms with Crippen LogP contribution in [0.5, 0.6) is 5.75 Å². The van der Waals surface area contributed by atoms with E-state index in [4.69, 9.17) is 32.4 Å². The SMILES string of the molecule is O=C(Nc1cnn(Cc2ccc(Cl)c(Cl)c2)c1)c1ccc(COc2ccc(F)cc2F)o1. The number of furan rings is 1. The van der Waals surface area contributed by atoms with E-state index >= 15 is 0 Å². The van der Waals surface area contributed by atoms with Gasteiger partial charge in [-0.3, -0.25) is 9.48 Å². The average Bonchev–Trinajstić information content (AvgIpc) is 3.40. The molecule has 0 aliphatic rings. The van der Waals surface area contributed by atoms with E-state index in [2.05, 4.69) is 10.4 Å². The van der Waals surface area contributed by atoms with Crippen LogP contribution in [0.25, 0.3) is 0 Å². The van der Waals surface area contributed by atoms with Crippen molar-refractivity contribution in [3.8, 4) is 5.75 Å². The van der Waals surface area contributed by atoms with Gasteiger partial charge >= 0.3 is 0 Å². The molecule has 0 aliphatic carbocycles. The van der Waals surface area contributed by atoms with Gasteiger partial charge < -0.3 is 14.5 Å². The van der Waals surface area contributed by atoms with Crippen molar-refractivity contribution in [1.29, 1.82) is 0 Å². The zero-order valence-corrected chi connectivity index (χ0v) is 17.8. The van der Waals surface area contributed by atoms with E-state index in [0.717, 1.165) is 17.7 Å². The highest BCUT2D eigenvalue weighted by Gasteiger charge is 2.14. The molecule has 4 aromatic rings. The maximum absolute atomic E-state index is 13.6. The summed E-state index contributed by atoms with van der Waals surface area (Å²) in [4.78, 5) is 12.4. The van der Waals surface area contributed by atoms with E-state index in [1.54, 1.807) is 23.0 Å². The van der Waals surface area contributed by atoms with Gasteiger partial charge in [0, 0.05) is 12.3 Å². The first kappa shape index (κ1) is 21.9. The minimum absolute atomic E-state index is 0.0420. The standard InChI is InChI=1S/C22H15Cl2F2N3O3/c23-17-4-1-13(7-18(17)24)10-29-11-15(9-27-29)28-22(30)21-6-3-16(32-21)12-31-20-5-2-14(25)8-19(20)26/h1-9,11H,10,12H2,(H,28,30). The third-order valence-electron chi connectivity index (χ3n) is 4.37. The number of benzene rings is 2. The van der Waals surface area contributed by atoms with Crippen LogP contribution in [-0.2, 0) is 13.2 Å². The minimum Gasteiger partial charge on any atom is -0.483 e.